The first-order valence-electron chi connectivity index (χ1n) is 10.5. The lowest BCUT2D eigenvalue weighted by Gasteiger charge is -2.47. The van der Waals surface area contributed by atoms with Gasteiger partial charge in [-0.1, -0.05) is 24.2 Å². The number of hydrogen-bond donors (Lipinski definition) is 1. The number of pyridine rings is 1. The Bertz CT molecular complexity index is 1380. The predicted octanol–water partition coefficient (Wildman–Crippen LogP) is 3.72. The molecule has 34 heavy (non-hydrogen) atoms. The summed E-state index contributed by atoms with van der Waals surface area (Å²) in [4.78, 5) is 34.2. The van der Waals surface area contributed by atoms with Gasteiger partial charge in [0.1, 0.15) is 17.6 Å². The maximum absolute atomic E-state index is 15.9. The van der Waals surface area contributed by atoms with Crippen LogP contribution in [0.1, 0.15) is 0 Å². The van der Waals surface area contributed by atoms with Gasteiger partial charge in [-0.05, 0) is 24.3 Å². The van der Waals surface area contributed by atoms with E-state index in [1.54, 1.807) is 11.9 Å². The summed E-state index contributed by atoms with van der Waals surface area (Å²) in [5, 5.41) is 9.90. The van der Waals surface area contributed by atoms with Crippen LogP contribution in [0.5, 0.6) is 5.75 Å². The number of nitrogens with zero attached hydrogens (tertiary/aromatic N) is 4. The van der Waals surface area contributed by atoms with E-state index in [2.05, 4.69) is 11.6 Å². The molecule has 2 aliphatic rings. The van der Waals surface area contributed by atoms with Crippen molar-refractivity contribution in [2.24, 2.45) is 0 Å². The number of amides is 2. The molecule has 0 spiro atoms. The van der Waals surface area contributed by atoms with E-state index in [0.717, 1.165) is 6.07 Å². The summed E-state index contributed by atoms with van der Waals surface area (Å²) in [5.74, 6) is -2.52. The molecule has 10 heteroatoms. The molecule has 2 aliphatic heterocycles. The minimum Gasteiger partial charge on any atom is -0.507 e. The van der Waals surface area contributed by atoms with E-state index in [9.17, 15) is 19.1 Å². The highest BCUT2D eigenvalue weighted by molar-refractivity contribution is 6.35. The number of aromatic nitrogens is 1. The van der Waals surface area contributed by atoms with Crippen LogP contribution in [-0.4, -0.2) is 59.5 Å². The van der Waals surface area contributed by atoms with Crippen molar-refractivity contribution >= 4 is 45.7 Å². The summed E-state index contributed by atoms with van der Waals surface area (Å²) < 4.78 is 30.4. The highest BCUT2D eigenvalue weighted by Gasteiger charge is 2.42. The van der Waals surface area contributed by atoms with Crippen molar-refractivity contribution in [3.8, 4) is 16.9 Å². The maximum atomic E-state index is 15.9. The molecule has 1 aromatic heterocycles. The molecule has 5 rings (SSSR count). The Morgan fingerprint density at radius 2 is 2.09 bits per heavy atom. The number of benzene rings is 2. The predicted molar refractivity (Wildman–Crippen MR) is 125 cm³/mol. The summed E-state index contributed by atoms with van der Waals surface area (Å²) in [6.07, 6.45) is 2.64. The van der Waals surface area contributed by atoms with Crippen LogP contribution in [0.2, 0.25) is 5.02 Å². The van der Waals surface area contributed by atoms with E-state index < -0.39 is 17.7 Å². The van der Waals surface area contributed by atoms with Crippen LogP contribution in [-0.2, 0) is 9.59 Å². The van der Waals surface area contributed by atoms with Crippen molar-refractivity contribution in [3.05, 3.63) is 59.8 Å². The first-order valence-corrected chi connectivity index (χ1v) is 10.9. The molecule has 1 atom stereocenters. The van der Waals surface area contributed by atoms with E-state index in [1.807, 2.05) is 0 Å². The van der Waals surface area contributed by atoms with Gasteiger partial charge in [0.05, 0.1) is 45.6 Å². The lowest BCUT2D eigenvalue weighted by atomic mass is 9.97. The number of rotatable bonds is 2. The number of anilines is 2. The lowest BCUT2D eigenvalue weighted by molar-refractivity contribution is -0.128. The number of carbonyl (C=O) groups excluding carboxylic acids is 2. The number of hydrogen-bond acceptors (Lipinski definition) is 5. The van der Waals surface area contributed by atoms with Gasteiger partial charge in [-0.2, -0.15) is 0 Å². The fourth-order valence-electron chi connectivity index (χ4n) is 4.69. The molecule has 1 fully saturated rings. The van der Waals surface area contributed by atoms with Gasteiger partial charge in [0.2, 0.25) is 5.91 Å². The third kappa shape index (κ3) is 3.11. The zero-order valence-corrected chi connectivity index (χ0v) is 18.8. The Balaban J connectivity index is 1.72. The third-order valence-electron chi connectivity index (χ3n) is 6.38. The molecular formula is C24H19ClF2N4O3. The molecule has 0 bridgehead atoms. The van der Waals surface area contributed by atoms with Crippen LogP contribution in [0.25, 0.3) is 22.0 Å². The fourth-order valence-corrected chi connectivity index (χ4v) is 4.93. The van der Waals surface area contributed by atoms with Crippen LogP contribution in [0.15, 0.2) is 43.1 Å². The Labute approximate surface area is 198 Å². The normalized spacial score (nSPS) is 17.6. The number of fused-ring (bicyclic) bond motifs is 5. The van der Waals surface area contributed by atoms with Gasteiger partial charge in [-0.15, -0.1) is 0 Å². The van der Waals surface area contributed by atoms with Gasteiger partial charge in [0.15, 0.2) is 5.82 Å². The molecule has 3 heterocycles. The molecule has 7 nitrogen and oxygen atoms in total. The van der Waals surface area contributed by atoms with Crippen molar-refractivity contribution in [1.82, 2.24) is 9.88 Å². The van der Waals surface area contributed by atoms with Crippen molar-refractivity contribution in [3.63, 3.8) is 0 Å². The van der Waals surface area contributed by atoms with Crippen LogP contribution < -0.4 is 9.80 Å². The topological polar surface area (TPSA) is 77.0 Å². The van der Waals surface area contributed by atoms with Crippen molar-refractivity contribution < 1.29 is 23.5 Å². The van der Waals surface area contributed by atoms with E-state index >= 15 is 4.39 Å². The smallest absolute Gasteiger partial charge is 0.251 e. The van der Waals surface area contributed by atoms with Crippen molar-refractivity contribution in [2.75, 3.05) is 36.5 Å². The molecule has 2 aromatic carbocycles. The molecule has 0 radical (unpaired) electrons. The maximum Gasteiger partial charge on any atom is 0.251 e. The van der Waals surface area contributed by atoms with Crippen LogP contribution in [0.3, 0.4) is 0 Å². The molecule has 0 aliphatic carbocycles. The van der Waals surface area contributed by atoms with Gasteiger partial charge in [-0.3, -0.25) is 14.6 Å². The Morgan fingerprint density at radius 3 is 2.79 bits per heavy atom. The van der Waals surface area contributed by atoms with Crippen molar-refractivity contribution in [2.45, 2.75) is 6.04 Å². The molecule has 2 amide bonds. The largest absolute Gasteiger partial charge is 0.507 e. The van der Waals surface area contributed by atoms with Gasteiger partial charge in [-0.25, -0.2) is 8.78 Å². The SMILES string of the molecule is C=CC(=O)N1CCN2c3c(cnc4cc(-c5c(O)cccc5F)c(Cl)c(F)c34)N(C)C(=O)[C@H]2C1. The molecular weight excluding hydrogens is 466 g/mol. The third-order valence-corrected chi connectivity index (χ3v) is 6.75. The van der Waals surface area contributed by atoms with Gasteiger partial charge < -0.3 is 19.8 Å². The van der Waals surface area contributed by atoms with Crippen LogP contribution in [0.4, 0.5) is 20.2 Å². The highest BCUT2D eigenvalue weighted by atomic mass is 35.5. The van der Waals surface area contributed by atoms with Crippen LogP contribution >= 0.6 is 11.6 Å². The van der Waals surface area contributed by atoms with E-state index in [-0.39, 0.29) is 57.7 Å². The Morgan fingerprint density at radius 1 is 1.32 bits per heavy atom. The van der Waals surface area contributed by atoms with E-state index in [4.69, 9.17) is 11.6 Å². The van der Waals surface area contributed by atoms with E-state index in [0.29, 0.717) is 17.9 Å². The second-order valence-corrected chi connectivity index (χ2v) is 8.55. The van der Waals surface area contributed by atoms with Crippen molar-refractivity contribution in [1.29, 1.82) is 0 Å². The van der Waals surface area contributed by atoms with Gasteiger partial charge >= 0.3 is 0 Å². The minimum absolute atomic E-state index is 0.0343. The second kappa shape index (κ2) is 7.95. The summed E-state index contributed by atoms with van der Waals surface area (Å²) in [7, 11) is 1.56. The summed E-state index contributed by atoms with van der Waals surface area (Å²) in [6.45, 7) is 4.22. The second-order valence-electron chi connectivity index (χ2n) is 8.17. The molecule has 3 aromatic rings. The van der Waals surface area contributed by atoms with Crippen LogP contribution in [0, 0.1) is 11.6 Å². The number of halogens is 3. The summed E-state index contributed by atoms with van der Waals surface area (Å²) in [5.41, 5.74) is 0.743. The average molecular weight is 485 g/mol. The highest BCUT2D eigenvalue weighted by Crippen LogP contribution is 2.46. The monoisotopic (exact) mass is 484 g/mol. The summed E-state index contributed by atoms with van der Waals surface area (Å²) in [6, 6.07) is 4.45. The first-order chi connectivity index (χ1) is 16.2. The van der Waals surface area contributed by atoms with E-state index in [1.165, 1.54) is 40.3 Å². The standard InChI is InChI=1S/C24H19ClF2N4O3/c1-3-18(33)30-7-8-31-16(11-30)24(34)29(2)15-10-28-14-9-12(19-13(26)5-4-6-17(19)32)21(25)22(27)20(14)23(15)31/h3-6,9-10,16,32H,1,7-8,11H2,2H3/t16-/m1/s1. The first kappa shape index (κ1) is 22.1. The molecule has 174 valence electrons. The molecule has 0 saturated carbocycles. The minimum atomic E-state index is -0.840. The number of phenolic OH excluding ortho intramolecular Hbond substituents is 1. The zero-order chi connectivity index (χ0) is 24.3. The Kier molecular flexibility index (Phi) is 5.16. The van der Waals surface area contributed by atoms with Gasteiger partial charge in [0.25, 0.3) is 5.91 Å². The Hall–Kier alpha value is -3.72. The fraction of sp³-hybridized carbons (Fsp3) is 0.208. The zero-order valence-electron chi connectivity index (χ0n) is 18.1. The number of aromatic hydroxyl groups is 1. The van der Waals surface area contributed by atoms with Gasteiger partial charge in [0, 0.05) is 25.7 Å². The number of carbonyl (C=O) groups is 2. The number of phenols is 1. The molecule has 0 unspecified atom stereocenters. The summed E-state index contributed by atoms with van der Waals surface area (Å²) >= 11 is 6.37. The number of piperazine rings is 1. The molecule has 1 saturated heterocycles. The average Bonchev–Trinajstić information content (AvgIpc) is 2.83. The molecule has 1 N–H and O–H groups in total. The lowest BCUT2D eigenvalue weighted by Crippen LogP contribution is -2.62. The number of likely N-dealkylation sites (N-methyl/N-ethyl adjacent to an activating group) is 1. The quantitative estimate of drug-likeness (QED) is 0.561.